The van der Waals surface area contributed by atoms with Crippen molar-refractivity contribution in [2.75, 3.05) is 11.5 Å². The zero-order valence-electron chi connectivity index (χ0n) is 14.2. The summed E-state index contributed by atoms with van der Waals surface area (Å²) in [4.78, 5) is 37.5. The van der Waals surface area contributed by atoms with E-state index in [2.05, 4.69) is 10.2 Å². The second kappa shape index (κ2) is 6.49. The van der Waals surface area contributed by atoms with E-state index in [1.807, 2.05) is 0 Å². The van der Waals surface area contributed by atoms with Gasteiger partial charge in [0.25, 0.3) is 16.9 Å². The third-order valence-corrected chi connectivity index (χ3v) is 5.51. The summed E-state index contributed by atoms with van der Waals surface area (Å²) in [5.74, 6) is -0.469. The fraction of sp³-hybridized carbons (Fsp3) is 0.533. The maximum atomic E-state index is 12.6. The highest BCUT2D eigenvalue weighted by Crippen LogP contribution is 2.40. The van der Waals surface area contributed by atoms with Gasteiger partial charge in [-0.3, -0.25) is 14.5 Å². The molecule has 0 spiro atoms. The van der Waals surface area contributed by atoms with Gasteiger partial charge >= 0.3 is 5.97 Å². The molecule has 1 fully saturated rings. The second-order valence-corrected chi connectivity index (χ2v) is 8.53. The normalized spacial score (nSPS) is 20.5. The van der Waals surface area contributed by atoms with Crippen LogP contribution < -0.4 is 0 Å². The molecule has 1 atom stereocenters. The lowest BCUT2D eigenvalue weighted by atomic mass is 10.1. The summed E-state index contributed by atoms with van der Waals surface area (Å²) >= 11 is 2.60. The molecule has 0 saturated carbocycles. The van der Waals surface area contributed by atoms with Gasteiger partial charge < -0.3 is 9.15 Å². The van der Waals surface area contributed by atoms with Crippen molar-refractivity contribution in [3.63, 3.8) is 0 Å². The van der Waals surface area contributed by atoms with Crippen molar-refractivity contribution in [3.8, 4) is 0 Å². The first-order chi connectivity index (χ1) is 11.7. The molecule has 134 valence electrons. The van der Waals surface area contributed by atoms with Gasteiger partial charge in [-0.1, -0.05) is 11.8 Å². The van der Waals surface area contributed by atoms with Crippen LogP contribution in [-0.2, 0) is 19.1 Å². The number of hydrogen-bond donors (Lipinski definition) is 0. The van der Waals surface area contributed by atoms with E-state index in [1.54, 1.807) is 27.7 Å². The molecule has 0 unspecified atom stereocenters. The molecule has 1 aromatic heterocycles. The van der Waals surface area contributed by atoms with Crippen LogP contribution in [0.3, 0.4) is 0 Å². The molecule has 25 heavy (non-hydrogen) atoms. The van der Waals surface area contributed by atoms with Gasteiger partial charge in [-0.15, -0.1) is 22.0 Å². The SMILES string of the molecule is Cc1nnc(SCC2=C(C(=O)OC(C)(C)C)N3C(=O)C(=O)[C@H]3SC2)o1. The number of nitrogens with zero attached hydrogens (tertiary/aromatic N) is 3. The van der Waals surface area contributed by atoms with Crippen LogP contribution in [0.25, 0.3) is 0 Å². The van der Waals surface area contributed by atoms with Crippen molar-refractivity contribution >= 4 is 41.2 Å². The van der Waals surface area contributed by atoms with Gasteiger partial charge in [0, 0.05) is 18.4 Å². The highest BCUT2D eigenvalue weighted by molar-refractivity contribution is 8.01. The molecule has 3 rings (SSSR count). The van der Waals surface area contributed by atoms with Crippen LogP contribution in [0.2, 0.25) is 0 Å². The highest BCUT2D eigenvalue weighted by atomic mass is 32.2. The van der Waals surface area contributed by atoms with Crippen LogP contribution >= 0.6 is 23.5 Å². The minimum Gasteiger partial charge on any atom is -0.455 e. The molecule has 2 aliphatic rings. The molecule has 8 nitrogen and oxygen atoms in total. The van der Waals surface area contributed by atoms with E-state index in [-0.39, 0.29) is 5.70 Å². The Morgan fingerprint density at radius 3 is 2.72 bits per heavy atom. The van der Waals surface area contributed by atoms with E-state index in [4.69, 9.17) is 9.15 Å². The summed E-state index contributed by atoms with van der Waals surface area (Å²) in [5.41, 5.74) is 0.161. The number of thioether (sulfide) groups is 2. The van der Waals surface area contributed by atoms with Gasteiger partial charge in [-0.05, 0) is 26.3 Å². The maximum Gasteiger partial charge on any atom is 0.355 e. The van der Waals surface area contributed by atoms with Crippen molar-refractivity contribution < 1.29 is 23.5 Å². The molecule has 0 radical (unpaired) electrons. The second-order valence-electron chi connectivity index (χ2n) is 6.53. The smallest absolute Gasteiger partial charge is 0.355 e. The van der Waals surface area contributed by atoms with Gasteiger partial charge in [0.1, 0.15) is 11.3 Å². The maximum absolute atomic E-state index is 12.6. The summed E-state index contributed by atoms with van der Waals surface area (Å²) in [6, 6.07) is 0. The number of aromatic nitrogens is 2. The fourth-order valence-electron chi connectivity index (χ4n) is 2.33. The lowest BCUT2D eigenvalue weighted by molar-refractivity contribution is -0.161. The number of amides is 1. The van der Waals surface area contributed by atoms with Gasteiger partial charge in [0.2, 0.25) is 5.89 Å². The monoisotopic (exact) mass is 383 g/mol. The molecule has 1 aromatic rings. The third kappa shape index (κ3) is 3.59. The summed E-state index contributed by atoms with van der Waals surface area (Å²) < 4.78 is 10.7. The lowest BCUT2D eigenvalue weighted by Gasteiger charge is -2.43. The number of aryl methyl sites for hydroxylation is 1. The number of carbonyl (C=O) groups excluding carboxylic acids is 3. The predicted molar refractivity (Wildman–Crippen MR) is 90.7 cm³/mol. The van der Waals surface area contributed by atoms with E-state index < -0.39 is 28.6 Å². The Balaban J connectivity index is 1.87. The van der Waals surface area contributed by atoms with Crippen molar-refractivity contribution in [2.24, 2.45) is 0 Å². The van der Waals surface area contributed by atoms with Gasteiger partial charge in [-0.25, -0.2) is 4.79 Å². The van der Waals surface area contributed by atoms with Crippen LogP contribution in [0, 0.1) is 6.92 Å². The van der Waals surface area contributed by atoms with Crippen LogP contribution in [0.1, 0.15) is 26.7 Å². The summed E-state index contributed by atoms with van der Waals surface area (Å²) in [6.07, 6.45) is 0. The number of Topliss-reactive ketones (excluding diaryl/α,β-unsaturated/α-hetero) is 1. The lowest BCUT2D eigenvalue weighted by Crippen LogP contribution is -2.62. The number of β-lactam (4-membered cyclic amide) rings is 1. The molecule has 0 aromatic carbocycles. The topological polar surface area (TPSA) is 103 Å². The fourth-order valence-corrected chi connectivity index (χ4v) is 4.48. The van der Waals surface area contributed by atoms with Crippen LogP contribution in [-0.4, -0.2) is 55.2 Å². The van der Waals surface area contributed by atoms with Gasteiger partial charge in [0.05, 0.1) is 0 Å². The Kier molecular flexibility index (Phi) is 4.67. The Bertz CT molecular complexity index is 780. The van der Waals surface area contributed by atoms with Crippen molar-refractivity contribution in [1.82, 2.24) is 15.1 Å². The first-order valence-corrected chi connectivity index (χ1v) is 9.58. The number of hydrogen-bond acceptors (Lipinski definition) is 9. The molecule has 0 aliphatic carbocycles. The molecule has 2 aliphatic heterocycles. The first-order valence-electron chi connectivity index (χ1n) is 7.54. The Morgan fingerprint density at radius 1 is 1.40 bits per heavy atom. The summed E-state index contributed by atoms with van der Waals surface area (Å²) in [7, 11) is 0. The van der Waals surface area contributed by atoms with Gasteiger partial charge in [0.15, 0.2) is 5.37 Å². The quantitative estimate of drug-likeness (QED) is 0.331. The number of rotatable bonds is 4. The molecule has 0 N–H and O–H groups in total. The minimum absolute atomic E-state index is 0.159. The van der Waals surface area contributed by atoms with E-state index in [0.29, 0.717) is 28.2 Å². The molecule has 1 saturated heterocycles. The summed E-state index contributed by atoms with van der Waals surface area (Å²) in [6.45, 7) is 6.94. The minimum atomic E-state index is -0.704. The first kappa shape index (κ1) is 18.0. The number of ether oxygens (including phenoxy) is 1. The molecule has 3 heterocycles. The molecule has 1 amide bonds. The highest BCUT2D eigenvalue weighted by Gasteiger charge is 2.53. The van der Waals surface area contributed by atoms with Gasteiger partial charge in [-0.2, -0.15) is 0 Å². The van der Waals surface area contributed by atoms with Crippen molar-refractivity contribution in [3.05, 3.63) is 17.2 Å². The van der Waals surface area contributed by atoms with Crippen molar-refractivity contribution in [2.45, 2.75) is 43.9 Å². The Labute approximate surface area is 152 Å². The van der Waals surface area contributed by atoms with E-state index in [1.165, 1.54) is 28.4 Å². The molecule has 10 heteroatoms. The summed E-state index contributed by atoms with van der Waals surface area (Å²) in [5, 5.41) is 7.41. The van der Waals surface area contributed by atoms with Crippen molar-refractivity contribution in [1.29, 1.82) is 0 Å². The zero-order chi connectivity index (χ0) is 18.4. The number of ketones is 1. The average molecular weight is 383 g/mol. The van der Waals surface area contributed by atoms with Crippen LogP contribution in [0.15, 0.2) is 20.9 Å². The van der Waals surface area contributed by atoms with Crippen LogP contribution in [0.4, 0.5) is 0 Å². The largest absolute Gasteiger partial charge is 0.455 e. The van der Waals surface area contributed by atoms with E-state index in [0.717, 1.165) is 0 Å². The molecule has 0 bridgehead atoms. The molecular weight excluding hydrogens is 366 g/mol. The van der Waals surface area contributed by atoms with E-state index in [9.17, 15) is 14.4 Å². The van der Waals surface area contributed by atoms with Crippen LogP contribution in [0.5, 0.6) is 0 Å². The number of fused-ring (bicyclic) bond motifs is 1. The van der Waals surface area contributed by atoms with E-state index >= 15 is 0 Å². The third-order valence-electron chi connectivity index (χ3n) is 3.35. The standard InChI is InChI=1S/C15H17N3O5S2/c1-7-16-17-14(22-7)25-6-8-5-24-12-10(19)11(20)18(12)9(8)13(21)23-15(2,3)4/h12H,5-6H2,1-4H3/t12-/m1/s1. The molecular formula is C15H17N3O5S2. The zero-order valence-corrected chi connectivity index (χ0v) is 15.8. The number of esters is 1. The Hall–Kier alpha value is -1.81. The predicted octanol–water partition coefficient (Wildman–Crippen LogP) is 1.55. The average Bonchev–Trinajstić information content (AvgIpc) is 2.95. The Morgan fingerprint density at radius 2 is 2.12 bits per heavy atom. The number of carbonyl (C=O) groups is 3.